The van der Waals surface area contributed by atoms with Gasteiger partial charge in [0, 0.05) is 13.3 Å². The van der Waals surface area contributed by atoms with Crippen LogP contribution in [0.4, 0.5) is 5.69 Å². The van der Waals surface area contributed by atoms with Crippen LogP contribution in [0.2, 0.25) is 0 Å². The lowest BCUT2D eigenvalue weighted by Gasteiger charge is -2.10. The Morgan fingerprint density at radius 2 is 2.31 bits per heavy atom. The number of nitrogens with zero attached hydrogens (tertiary/aromatic N) is 1. The van der Waals surface area contributed by atoms with Crippen molar-refractivity contribution in [2.75, 3.05) is 19.7 Å². The van der Waals surface area contributed by atoms with Crippen molar-refractivity contribution >= 4 is 5.69 Å². The van der Waals surface area contributed by atoms with E-state index in [-0.39, 0.29) is 0 Å². The number of pyridine rings is 1. The van der Waals surface area contributed by atoms with Crippen molar-refractivity contribution < 1.29 is 14.7 Å². The highest BCUT2D eigenvalue weighted by Crippen LogP contribution is 2.26. The molecule has 1 rings (SSSR count). The van der Waals surface area contributed by atoms with Gasteiger partial charge in [-0.15, -0.1) is 0 Å². The summed E-state index contributed by atoms with van der Waals surface area (Å²) in [6.07, 6.45) is 1.56. The summed E-state index contributed by atoms with van der Waals surface area (Å²) >= 11 is 0. The van der Waals surface area contributed by atoms with Gasteiger partial charge in [0.2, 0.25) is 0 Å². The van der Waals surface area contributed by atoms with E-state index in [4.69, 9.17) is 14.7 Å². The Kier molecular flexibility index (Phi) is 3.48. The highest BCUT2D eigenvalue weighted by atomic mass is 16.5. The second kappa shape index (κ2) is 4.64. The maximum Gasteiger partial charge on any atom is 0.168 e. The molecule has 1 heterocycles. The lowest BCUT2D eigenvalue weighted by atomic mass is 10.3. The minimum absolute atomic E-state index is 0.346. The van der Waals surface area contributed by atoms with E-state index in [0.29, 0.717) is 23.7 Å². The summed E-state index contributed by atoms with van der Waals surface area (Å²) in [6.45, 7) is 0.346. The number of ether oxygens (including phenoxy) is 2. The number of aromatic nitrogens is 1. The monoisotopic (exact) mass is 184 g/mol. The minimum Gasteiger partial charge on any atom is -0.492 e. The van der Waals surface area contributed by atoms with Crippen molar-refractivity contribution in [1.29, 1.82) is 0 Å². The Morgan fingerprint density at radius 1 is 1.54 bits per heavy atom. The van der Waals surface area contributed by atoms with Crippen LogP contribution in [0.1, 0.15) is 5.69 Å². The third-order valence-corrected chi connectivity index (χ3v) is 1.58. The van der Waals surface area contributed by atoms with Crippen molar-refractivity contribution in [3.05, 3.63) is 18.0 Å². The van der Waals surface area contributed by atoms with Gasteiger partial charge in [0.25, 0.3) is 0 Å². The zero-order chi connectivity index (χ0) is 9.68. The summed E-state index contributed by atoms with van der Waals surface area (Å²) < 4.78 is 9.97. The molecule has 0 bridgehead atoms. The molecule has 0 amide bonds. The highest BCUT2D eigenvalue weighted by molar-refractivity contribution is 5.56. The second-order valence-electron chi connectivity index (χ2n) is 2.38. The van der Waals surface area contributed by atoms with Gasteiger partial charge in [-0.1, -0.05) is 0 Å². The normalized spacial score (nSPS) is 9.77. The Hall–Kier alpha value is -1.33. The molecule has 1 aromatic heterocycles. The topological polar surface area (TPSA) is 63.6 Å². The number of hydrogen-bond acceptors (Lipinski definition) is 5. The van der Waals surface area contributed by atoms with E-state index < -0.39 is 0 Å². The van der Waals surface area contributed by atoms with Crippen LogP contribution < -0.4 is 10.2 Å². The molecule has 0 aliphatic rings. The van der Waals surface area contributed by atoms with Gasteiger partial charge in [-0.2, -0.15) is 0 Å². The first-order valence-corrected chi connectivity index (χ1v) is 3.74. The summed E-state index contributed by atoms with van der Waals surface area (Å²) in [6, 6.07) is 1.61. The van der Waals surface area contributed by atoms with Crippen molar-refractivity contribution in [1.82, 2.24) is 4.98 Å². The third-order valence-electron chi connectivity index (χ3n) is 1.58. The van der Waals surface area contributed by atoms with Gasteiger partial charge < -0.3 is 9.47 Å². The molecule has 0 atom stereocenters. The van der Waals surface area contributed by atoms with Gasteiger partial charge >= 0.3 is 0 Å². The van der Waals surface area contributed by atoms with Crippen molar-refractivity contribution in [2.45, 2.75) is 6.61 Å². The lowest BCUT2D eigenvalue weighted by molar-refractivity contribution is 0.178. The average Bonchev–Trinajstić information content (AvgIpc) is 2.18. The number of methoxy groups -OCH3 is 2. The smallest absolute Gasteiger partial charge is 0.168 e. The summed E-state index contributed by atoms with van der Waals surface area (Å²) in [5.74, 6) is 0.492. The SMILES string of the molecule is COCc1nccc(NO)c1OC. The van der Waals surface area contributed by atoms with Crippen LogP contribution in [0, 0.1) is 0 Å². The standard InChI is InChI=1S/C8H12N2O3/c1-12-5-7-8(13-2)6(10-11)3-4-9-7/h3-4,11H,5H2,1-2H3,(H,9,10). The fourth-order valence-corrected chi connectivity index (χ4v) is 1.05. The maximum atomic E-state index is 8.74. The van der Waals surface area contributed by atoms with Gasteiger partial charge in [0.1, 0.15) is 11.4 Å². The van der Waals surface area contributed by atoms with Crippen LogP contribution >= 0.6 is 0 Å². The van der Waals surface area contributed by atoms with E-state index in [1.807, 2.05) is 5.48 Å². The van der Waals surface area contributed by atoms with Crippen LogP contribution in [0.25, 0.3) is 0 Å². The Morgan fingerprint density at radius 3 is 2.85 bits per heavy atom. The fraction of sp³-hybridized carbons (Fsp3) is 0.375. The second-order valence-corrected chi connectivity index (χ2v) is 2.38. The van der Waals surface area contributed by atoms with Crippen LogP contribution in [0.3, 0.4) is 0 Å². The van der Waals surface area contributed by atoms with Gasteiger partial charge in [-0.3, -0.25) is 15.7 Å². The number of nitrogens with one attached hydrogen (secondary N) is 1. The van der Waals surface area contributed by atoms with Crippen LogP contribution in [0.5, 0.6) is 5.75 Å². The molecule has 0 aliphatic carbocycles. The summed E-state index contributed by atoms with van der Waals surface area (Å²) in [7, 11) is 3.08. The van der Waals surface area contributed by atoms with Crippen LogP contribution in [-0.4, -0.2) is 24.4 Å². The van der Waals surface area contributed by atoms with E-state index in [9.17, 15) is 0 Å². The zero-order valence-electron chi connectivity index (χ0n) is 7.57. The molecule has 0 saturated carbocycles. The molecule has 13 heavy (non-hydrogen) atoms. The molecule has 0 aromatic carbocycles. The summed E-state index contributed by atoms with van der Waals surface area (Å²) in [5, 5.41) is 8.74. The van der Waals surface area contributed by atoms with Crippen molar-refractivity contribution in [3.8, 4) is 5.75 Å². The van der Waals surface area contributed by atoms with E-state index >= 15 is 0 Å². The maximum absolute atomic E-state index is 8.74. The molecule has 0 fully saturated rings. The van der Waals surface area contributed by atoms with Gasteiger partial charge in [-0.25, -0.2) is 0 Å². The number of rotatable bonds is 4. The first-order chi connectivity index (χ1) is 6.33. The highest BCUT2D eigenvalue weighted by Gasteiger charge is 2.08. The van der Waals surface area contributed by atoms with Gasteiger partial charge in [-0.05, 0) is 6.07 Å². The van der Waals surface area contributed by atoms with Crippen LogP contribution in [0.15, 0.2) is 12.3 Å². The zero-order valence-corrected chi connectivity index (χ0v) is 7.57. The third kappa shape index (κ3) is 2.07. The van der Waals surface area contributed by atoms with Crippen LogP contribution in [-0.2, 0) is 11.3 Å². The quantitative estimate of drug-likeness (QED) is 0.684. The molecule has 0 radical (unpaired) electrons. The Balaban J connectivity index is 3.03. The molecule has 2 N–H and O–H groups in total. The largest absolute Gasteiger partial charge is 0.492 e. The van der Waals surface area contributed by atoms with Gasteiger partial charge in [0.05, 0.1) is 13.7 Å². The van der Waals surface area contributed by atoms with Crippen molar-refractivity contribution in [2.24, 2.45) is 0 Å². The Labute approximate surface area is 76.3 Å². The van der Waals surface area contributed by atoms with E-state index in [0.717, 1.165) is 0 Å². The molecular weight excluding hydrogens is 172 g/mol. The molecule has 0 spiro atoms. The summed E-state index contributed by atoms with van der Waals surface area (Å²) in [4.78, 5) is 4.05. The molecule has 1 aromatic rings. The molecule has 0 aliphatic heterocycles. The first kappa shape index (κ1) is 9.76. The molecule has 5 heteroatoms. The lowest BCUT2D eigenvalue weighted by Crippen LogP contribution is -2.01. The molecule has 0 saturated heterocycles. The fourth-order valence-electron chi connectivity index (χ4n) is 1.05. The molecular formula is C8H12N2O3. The van der Waals surface area contributed by atoms with E-state index in [1.165, 1.54) is 7.11 Å². The predicted molar refractivity (Wildman–Crippen MR) is 46.9 cm³/mol. The molecule has 0 unspecified atom stereocenters. The average molecular weight is 184 g/mol. The summed E-state index contributed by atoms with van der Waals surface area (Å²) in [5.41, 5.74) is 3.14. The number of hydrogen-bond donors (Lipinski definition) is 2. The van der Waals surface area contributed by atoms with E-state index in [1.54, 1.807) is 19.4 Å². The van der Waals surface area contributed by atoms with E-state index in [2.05, 4.69) is 4.98 Å². The number of anilines is 1. The minimum atomic E-state index is 0.346. The van der Waals surface area contributed by atoms with Gasteiger partial charge in [0.15, 0.2) is 5.75 Å². The first-order valence-electron chi connectivity index (χ1n) is 3.74. The van der Waals surface area contributed by atoms with Crippen molar-refractivity contribution in [3.63, 3.8) is 0 Å². The predicted octanol–water partition coefficient (Wildman–Crippen LogP) is 1.04. The molecule has 72 valence electrons. The Bertz CT molecular complexity index is 278. The molecule has 5 nitrogen and oxygen atoms in total.